The molecule has 174 valence electrons. The van der Waals surface area contributed by atoms with Crippen LogP contribution >= 0.6 is 11.6 Å². The van der Waals surface area contributed by atoms with Gasteiger partial charge in [-0.3, -0.25) is 4.72 Å². The van der Waals surface area contributed by atoms with Gasteiger partial charge in [0, 0.05) is 24.0 Å². The fourth-order valence-corrected chi connectivity index (χ4v) is 5.34. The third kappa shape index (κ3) is 4.87. The van der Waals surface area contributed by atoms with Gasteiger partial charge in [0.15, 0.2) is 0 Å². The lowest BCUT2D eigenvalue weighted by molar-refractivity contribution is 0.471. The number of hydrogen-bond acceptors (Lipinski definition) is 4. The number of aromatic nitrogens is 1. The lowest BCUT2D eigenvalue weighted by Crippen LogP contribution is -2.32. The lowest BCUT2D eigenvalue weighted by Gasteiger charge is -2.19. The number of nitrogens with zero attached hydrogens (tertiary/aromatic N) is 2. The molecule has 34 heavy (non-hydrogen) atoms. The Bertz CT molecular complexity index is 1440. The van der Waals surface area contributed by atoms with Crippen LogP contribution in [-0.2, 0) is 23.2 Å². The molecule has 4 aromatic rings. The van der Waals surface area contributed by atoms with Crippen LogP contribution in [0.3, 0.4) is 0 Å². The average Bonchev–Trinajstić information content (AvgIpc) is 3.23. The Morgan fingerprint density at radius 1 is 1.03 bits per heavy atom. The lowest BCUT2D eigenvalue weighted by atomic mass is 10.1. The molecular weight excluding hydrogens is 468 g/mol. The van der Waals surface area contributed by atoms with E-state index in [1.165, 1.54) is 15.4 Å². The predicted molar refractivity (Wildman–Crippen MR) is 138 cm³/mol. The number of hydrogen-bond donors (Lipinski definition) is 2. The van der Waals surface area contributed by atoms with Crippen molar-refractivity contribution in [3.05, 3.63) is 101 Å². The van der Waals surface area contributed by atoms with Gasteiger partial charge in [-0.1, -0.05) is 48.0 Å². The Hall–Kier alpha value is -3.13. The van der Waals surface area contributed by atoms with Gasteiger partial charge in [0.05, 0.1) is 17.2 Å². The molecule has 6 nitrogen and oxygen atoms in total. The second-order valence-corrected chi connectivity index (χ2v) is 10.7. The van der Waals surface area contributed by atoms with Crippen LogP contribution in [-0.4, -0.2) is 24.8 Å². The zero-order valence-corrected chi connectivity index (χ0v) is 20.3. The second kappa shape index (κ2) is 9.25. The summed E-state index contributed by atoms with van der Waals surface area (Å²) in [6.07, 6.45) is 2.11. The minimum absolute atomic E-state index is 0.237. The molecule has 5 rings (SSSR count). The van der Waals surface area contributed by atoms with Crippen LogP contribution in [0.25, 0.3) is 10.9 Å². The number of anilines is 2. The molecule has 0 saturated heterocycles. The van der Waals surface area contributed by atoms with Gasteiger partial charge in [0.25, 0.3) is 0 Å². The van der Waals surface area contributed by atoms with Crippen LogP contribution < -0.4 is 10.0 Å². The van der Waals surface area contributed by atoms with E-state index in [0.29, 0.717) is 10.7 Å². The molecule has 3 aromatic carbocycles. The first-order valence-electron chi connectivity index (χ1n) is 11.1. The standard InChI is InChI=1S/C26H25ClN4O2S/c1-31(17-18-6-10-21(27)11-7-18)34(32,33)30-22-12-14-24-20(16-22)9-15-26(28-24)29-25-13-8-19-4-2-3-5-23(19)25/h2-7,9-12,14-16,25,30H,8,13,17H2,1H3,(H,28,29)/t25-/m1/s1. The molecule has 0 saturated carbocycles. The van der Waals surface area contributed by atoms with Gasteiger partial charge < -0.3 is 5.32 Å². The number of benzene rings is 3. The maximum Gasteiger partial charge on any atom is 0.301 e. The van der Waals surface area contributed by atoms with Crippen LogP contribution in [0.4, 0.5) is 11.5 Å². The summed E-state index contributed by atoms with van der Waals surface area (Å²) < 4.78 is 29.6. The highest BCUT2D eigenvalue weighted by atomic mass is 35.5. The largest absolute Gasteiger partial charge is 0.363 e. The molecule has 0 radical (unpaired) electrons. The van der Waals surface area contributed by atoms with Crippen LogP contribution in [0.1, 0.15) is 29.2 Å². The van der Waals surface area contributed by atoms with Gasteiger partial charge in [0.1, 0.15) is 5.82 Å². The molecule has 0 amide bonds. The van der Waals surface area contributed by atoms with E-state index in [2.05, 4.69) is 34.3 Å². The highest BCUT2D eigenvalue weighted by molar-refractivity contribution is 7.90. The molecule has 0 fully saturated rings. The average molecular weight is 493 g/mol. The van der Waals surface area contributed by atoms with Crippen molar-refractivity contribution in [2.75, 3.05) is 17.1 Å². The topological polar surface area (TPSA) is 74.3 Å². The van der Waals surface area contributed by atoms with Gasteiger partial charge in [0.2, 0.25) is 0 Å². The van der Waals surface area contributed by atoms with E-state index in [1.54, 1.807) is 31.3 Å². The van der Waals surface area contributed by atoms with Crippen molar-refractivity contribution in [3.63, 3.8) is 0 Å². The van der Waals surface area contributed by atoms with Gasteiger partial charge in [-0.25, -0.2) is 4.98 Å². The highest BCUT2D eigenvalue weighted by Crippen LogP contribution is 2.33. The summed E-state index contributed by atoms with van der Waals surface area (Å²) in [5, 5.41) is 5.02. The molecule has 0 bridgehead atoms. The fraction of sp³-hybridized carbons (Fsp3) is 0.192. The Morgan fingerprint density at radius 3 is 2.65 bits per heavy atom. The summed E-state index contributed by atoms with van der Waals surface area (Å²) in [5.74, 6) is 0.810. The molecule has 1 aliphatic rings. The van der Waals surface area contributed by atoms with Crippen molar-refractivity contribution in [3.8, 4) is 0 Å². The zero-order chi connectivity index (χ0) is 23.7. The third-order valence-corrected chi connectivity index (χ3v) is 7.82. The molecular formula is C26H25ClN4O2S. The third-order valence-electron chi connectivity index (χ3n) is 6.12. The fourth-order valence-electron chi connectivity index (χ4n) is 4.31. The Balaban J connectivity index is 1.29. The summed E-state index contributed by atoms with van der Waals surface area (Å²) in [7, 11) is -2.18. The Kier molecular flexibility index (Phi) is 6.16. The molecule has 0 spiro atoms. The van der Waals surface area contributed by atoms with E-state index in [9.17, 15) is 8.42 Å². The van der Waals surface area contributed by atoms with Gasteiger partial charge >= 0.3 is 10.2 Å². The first-order valence-corrected chi connectivity index (χ1v) is 12.9. The molecule has 8 heteroatoms. The van der Waals surface area contributed by atoms with E-state index in [1.807, 2.05) is 30.3 Å². The van der Waals surface area contributed by atoms with E-state index in [0.717, 1.165) is 35.1 Å². The smallest absolute Gasteiger partial charge is 0.301 e. The summed E-state index contributed by atoms with van der Waals surface area (Å²) in [5.41, 5.74) is 4.86. The van der Waals surface area contributed by atoms with Crippen molar-refractivity contribution < 1.29 is 8.42 Å². The number of fused-ring (bicyclic) bond motifs is 2. The molecule has 1 heterocycles. The minimum Gasteiger partial charge on any atom is -0.363 e. The first kappa shape index (κ1) is 22.7. The second-order valence-electron chi connectivity index (χ2n) is 8.53. The van der Waals surface area contributed by atoms with Crippen LogP contribution in [0, 0.1) is 0 Å². The Morgan fingerprint density at radius 2 is 1.82 bits per heavy atom. The van der Waals surface area contributed by atoms with Crippen molar-refractivity contribution in [2.24, 2.45) is 0 Å². The van der Waals surface area contributed by atoms with Gasteiger partial charge in [-0.05, 0) is 72.0 Å². The summed E-state index contributed by atoms with van der Waals surface area (Å²) in [4.78, 5) is 4.74. The Labute approximate surface area is 204 Å². The van der Waals surface area contributed by atoms with E-state index in [-0.39, 0.29) is 12.6 Å². The molecule has 1 atom stereocenters. The first-order chi connectivity index (χ1) is 16.4. The van der Waals surface area contributed by atoms with E-state index < -0.39 is 10.2 Å². The van der Waals surface area contributed by atoms with Gasteiger partial charge in [-0.15, -0.1) is 0 Å². The normalized spacial score (nSPS) is 15.4. The van der Waals surface area contributed by atoms with Crippen molar-refractivity contribution >= 4 is 44.2 Å². The SMILES string of the molecule is CN(Cc1ccc(Cl)cc1)S(=O)(=O)Nc1ccc2nc(N[C@@H]3CCc4ccccc43)ccc2c1. The van der Waals surface area contributed by atoms with Gasteiger partial charge in [-0.2, -0.15) is 12.7 Å². The molecule has 2 N–H and O–H groups in total. The van der Waals surface area contributed by atoms with Crippen molar-refractivity contribution in [1.29, 1.82) is 0 Å². The number of aryl methyl sites for hydroxylation is 1. The summed E-state index contributed by atoms with van der Waals surface area (Å²) in [6, 6.07) is 25.1. The van der Waals surface area contributed by atoms with Crippen LogP contribution in [0.2, 0.25) is 5.02 Å². The quantitative estimate of drug-likeness (QED) is 0.343. The number of rotatable bonds is 7. The molecule has 1 aromatic heterocycles. The van der Waals surface area contributed by atoms with E-state index in [4.69, 9.17) is 16.6 Å². The minimum atomic E-state index is -3.73. The molecule has 0 unspecified atom stereocenters. The van der Waals surface area contributed by atoms with E-state index >= 15 is 0 Å². The zero-order valence-electron chi connectivity index (χ0n) is 18.7. The highest BCUT2D eigenvalue weighted by Gasteiger charge is 2.22. The maximum absolute atomic E-state index is 12.8. The summed E-state index contributed by atoms with van der Waals surface area (Å²) in [6.45, 7) is 0.237. The summed E-state index contributed by atoms with van der Waals surface area (Å²) >= 11 is 5.91. The monoisotopic (exact) mass is 492 g/mol. The van der Waals surface area contributed by atoms with Crippen LogP contribution in [0.15, 0.2) is 78.9 Å². The number of halogens is 1. The molecule has 0 aliphatic heterocycles. The van der Waals surface area contributed by atoms with Crippen molar-refractivity contribution in [2.45, 2.75) is 25.4 Å². The number of nitrogens with one attached hydrogen (secondary N) is 2. The van der Waals surface area contributed by atoms with Crippen molar-refractivity contribution in [1.82, 2.24) is 9.29 Å². The molecule has 1 aliphatic carbocycles. The van der Waals surface area contributed by atoms with Crippen LogP contribution in [0.5, 0.6) is 0 Å². The predicted octanol–water partition coefficient (Wildman–Crippen LogP) is 5.78. The maximum atomic E-state index is 12.8. The number of pyridine rings is 1.